The first-order valence-corrected chi connectivity index (χ1v) is 11.2. The Morgan fingerprint density at radius 3 is 2.71 bits per heavy atom. The second-order valence-corrected chi connectivity index (χ2v) is 8.83. The highest BCUT2D eigenvalue weighted by Crippen LogP contribution is 2.34. The number of aliphatic hydroxyl groups excluding tert-OH is 1. The van der Waals surface area contributed by atoms with Gasteiger partial charge in [0.25, 0.3) is 0 Å². The number of benzene rings is 1. The van der Waals surface area contributed by atoms with Gasteiger partial charge in [-0.15, -0.1) is 0 Å². The molecular weight excluding hydrogens is 457 g/mol. The summed E-state index contributed by atoms with van der Waals surface area (Å²) < 4.78 is 41.2. The molecule has 5 rings (SSSR count). The lowest BCUT2D eigenvalue weighted by Crippen LogP contribution is -2.21. The first kappa shape index (κ1) is 23.0. The molecule has 1 aromatic carbocycles. The fourth-order valence-corrected chi connectivity index (χ4v) is 4.67. The summed E-state index contributed by atoms with van der Waals surface area (Å²) in [5.41, 5.74) is 2.91. The zero-order valence-electron chi connectivity index (χ0n) is 19.0. The van der Waals surface area contributed by atoms with Crippen LogP contribution in [0.3, 0.4) is 0 Å². The van der Waals surface area contributed by atoms with Gasteiger partial charge in [-0.25, -0.2) is 4.98 Å². The van der Waals surface area contributed by atoms with Crippen LogP contribution in [0.25, 0.3) is 5.65 Å². The van der Waals surface area contributed by atoms with E-state index in [0.29, 0.717) is 18.3 Å². The lowest BCUT2D eigenvalue weighted by molar-refractivity contribution is -0.137. The molecule has 35 heavy (non-hydrogen) atoms. The second kappa shape index (κ2) is 8.81. The van der Waals surface area contributed by atoms with Gasteiger partial charge in [-0.1, -0.05) is 18.2 Å². The van der Waals surface area contributed by atoms with E-state index < -0.39 is 17.5 Å². The van der Waals surface area contributed by atoms with Gasteiger partial charge in [0.2, 0.25) is 0 Å². The van der Waals surface area contributed by atoms with Crippen molar-refractivity contribution in [1.82, 2.24) is 14.4 Å². The van der Waals surface area contributed by atoms with Crippen LogP contribution in [0.4, 0.5) is 19.0 Å². The summed E-state index contributed by atoms with van der Waals surface area (Å²) in [5, 5.41) is 9.49. The number of nitrogens with zero attached hydrogens (tertiary/aromatic N) is 4. The number of anilines is 1. The predicted molar refractivity (Wildman–Crippen MR) is 125 cm³/mol. The van der Waals surface area contributed by atoms with Crippen molar-refractivity contribution in [1.29, 1.82) is 0 Å². The highest BCUT2D eigenvalue weighted by Gasteiger charge is 2.32. The Bertz CT molecular complexity index is 1410. The van der Waals surface area contributed by atoms with E-state index in [2.05, 4.69) is 14.9 Å². The van der Waals surface area contributed by atoms with Crippen molar-refractivity contribution >= 4 is 17.2 Å². The van der Waals surface area contributed by atoms with Crippen molar-refractivity contribution in [3.63, 3.8) is 0 Å². The van der Waals surface area contributed by atoms with Crippen LogP contribution in [0.15, 0.2) is 61.2 Å². The maximum atomic E-state index is 13.1. The van der Waals surface area contributed by atoms with Gasteiger partial charge in [0.1, 0.15) is 11.5 Å². The largest absolute Gasteiger partial charge is 0.417 e. The third-order valence-corrected chi connectivity index (χ3v) is 6.55. The topological polar surface area (TPSA) is 70.7 Å². The quantitative estimate of drug-likeness (QED) is 0.417. The van der Waals surface area contributed by atoms with E-state index in [-0.39, 0.29) is 18.1 Å². The lowest BCUT2D eigenvalue weighted by atomic mass is 9.90. The highest BCUT2D eigenvalue weighted by molar-refractivity contribution is 6.09. The van der Waals surface area contributed by atoms with Crippen LogP contribution in [0.5, 0.6) is 0 Å². The fourth-order valence-electron chi connectivity index (χ4n) is 4.67. The fraction of sp³-hybridized carbons (Fsp3) is 0.269. The zero-order chi connectivity index (χ0) is 24.7. The monoisotopic (exact) mass is 480 g/mol. The molecule has 0 amide bonds. The first-order chi connectivity index (χ1) is 16.7. The van der Waals surface area contributed by atoms with Crippen molar-refractivity contribution in [2.45, 2.75) is 32.0 Å². The van der Waals surface area contributed by atoms with Crippen molar-refractivity contribution in [2.75, 3.05) is 18.0 Å². The second-order valence-electron chi connectivity index (χ2n) is 8.83. The van der Waals surface area contributed by atoms with Gasteiger partial charge in [0.05, 0.1) is 18.4 Å². The molecule has 180 valence electrons. The summed E-state index contributed by atoms with van der Waals surface area (Å²) in [6.45, 7) is 3.41. The molecule has 3 aromatic heterocycles. The minimum Gasteiger partial charge on any atom is -0.392 e. The van der Waals surface area contributed by atoms with E-state index in [1.807, 2.05) is 41.9 Å². The number of rotatable bonds is 5. The standard InChI is InChI=1S/C26H23F3N4O2/c1-16-2-4-18(25(35)20-8-21(11-30-10-20)26(27,28)29)9-22(16)19-6-7-32(14-19)24-12-31-23-5-3-17(15-34)13-33(23)24/h2-5,8-13,19,34H,6-7,14-15H2,1H3/t19-/m1/s1. The van der Waals surface area contributed by atoms with Gasteiger partial charge >= 0.3 is 6.18 Å². The molecule has 0 saturated carbocycles. The number of aryl methyl sites for hydroxylation is 1. The van der Waals surface area contributed by atoms with Crippen molar-refractivity contribution < 1.29 is 23.1 Å². The van der Waals surface area contributed by atoms with E-state index in [1.165, 1.54) is 6.20 Å². The minimum absolute atomic E-state index is 0.0579. The average molecular weight is 480 g/mol. The molecular formula is C26H23F3N4O2. The van der Waals surface area contributed by atoms with Crippen molar-refractivity contribution in [3.8, 4) is 0 Å². The first-order valence-electron chi connectivity index (χ1n) is 11.2. The number of aliphatic hydroxyl groups is 1. The summed E-state index contributed by atoms with van der Waals surface area (Å²) in [5.74, 6) is 0.588. The zero-order valence-corrected chi connectivity index (χ0v) is 19.0. The van der Waals surface area contributed by atoms with E-state index in [4.69, 9.17) is 0 Å². The van der Waals surface area contributed by atoms with Gasteiger partial charge in [-0.2, -0.15) is 13.2 Å². The maximum Gasteiger partial charge on any atom is 0.417 e. The van der Waals surface area contributed by atoms with Crippen LogP contribution >= 0.6 is 0 Å². The lowest BCUT2D eigenvalue weighted by Gasteiger charge is -2.19. The van der Waals surface area contributed by atoms with Gasteiger partial charge in [-0.3, -0.25) is 14.2 Å². The molecule has 1 atom stereocenters. The number of halogens is 3. The normalized spacial score (nSPS) is 16.3. The molecule has 9 heteroatoms. The Morgan fingerprint density at radius 1 is 1.11 bits per heavy atom. The third-order valence-electron chi connectivity index (χ3n) is 6.55. The van der Waals surface area contributed by atoms with Crippen LogP contribution in [0.1, 0.15) is 50.5 Å². The predicted octanol–water partition coefficient (Wildman–Crippen LogP) is 4.77. The highest BCUT2D eigenvalue weighted by atomic mass is 19.4. The molecule has 4 aromatic rings. The molecule has 0 radical (unpaired) electrons. The third kappa shape index (κ3) is 4.39. The molecule has 1 aliphatic heterocycles. The van der Waals surface area contributed by atoms with Gasteiger partial charge < -0.3 is 10.0 Å². The van der Waals surface area contributed by atoms with E-state index in [9.17, 15) is 23.1 Å². The minimum atomic E-state index is -4.56. The van der Waals surface area contributed by atoms with E-state index >= 15 is 0 Å². The Morgan fingerprint density at radius 2 is 1.94 bits per heavy atom. The molecule has 4 heterocycles. The van der Waals surface area contributed by atoms with Gasteiger partial charge in [0.15, 0.2) is 5.78 Å². The number of hydrogen-bond acceptors (Lipinski definition) is 5. The average Bonchev–Trinajstić information content (AvgIpc) is 3.50. The van der Waals surface area contributed by atoms with Crippen LogP contribution in [-0.4, -0.2) is 38.3 Å². The number of aromatic nitrogens is 3. The molecule has 1 saturated heterocycles. The number of hydrogen-bond donors (Lipinski definition) is 1. The summed E-state index contributed by atoms with van der Waals surface area (Å²) in [4.78, 5) is 23.3. The van der Waals surface area contributed by atoms with Gasteiger partial charge in [0, 0.05) is 48.7 Å². The van der Waals surface area contributed by atoms with Crippen LogP contribution in [0, 0.1) is 6.92 Å². The molecule has 0 unspecified atom stereocenters. The van der Waals surface area contributed by atoms with E-state index in [0.717, 1.165) is 47.2 Å². The molecule has 6 nitrogen and oxygen atoms in total. The number of alkyl halides is 3. The summed E-state index contributed by atoms with van der Waals surface area (Å²) >= 11 is 0. The van der Waals surface area contributed by atoms with Crippen molar-refractivity contribution in [2.24, 2.45) is 0 Å². The summed E-state index contributed by atoms with van der Waals surface area (Å²) in [6.07, 6.45) is 1.86. The Balaban J connectivity index is 1.41. The molecule has 1 N–H and O–H groups in total. The number of imidazole rings is 1. The molecule has 0 aliphatic carbocycles. The Labute approximate surface area is 199 Å². The number of carbonyl (C=O) groups is 1. The molecule has 1 fully saturated rings. The SMILES string of the molecule is Cc1ccc(C(=O)c2cncc(C(F)(F)F)c2)cc1[C@@H]1CCN(c2cnc3ccc(CO)cn23)C1. The Hall–Kier alpha value is -3.72. The Kier molecular flexibility index (Phi) is 5.80. The smallest absolute Gasteiger partial charge is 0.392 e. The van der Waals surface area contributed by atoms with Crippen LogP contribution in [-0.2, 0) is 12.8 Å². The van der Waals surface area contributed by atoms with E-state index in [1.54, 1.807) is 12.1 Å². The number of fused-ring (bicyclic) bond motifs is 1. The van der Waals surface area contributed by atoms with Crippen LogP contribution in [0.2, 0.25) is 0 Å². The van der Waals surface area contributed by atoms with Gasteiger partial charge in [-0.05, 0) is 48.2 Å². The molecule has 0 spiro atoms. The molecule has 1 aliphatic rings. The summed E-state index contributed by atoms with van der Waals surface area (Å²) in [7, 11) is 0. The summed E-state index contributed by atoms with van der Waals surface area (Å²) in [6, 6.07) is 9.83. The number of carbonyl (C=O) groups excluding carboxylic acids is 1. The van der Waals surface area contributed by atoms with Crippen LogP contribution < -0.4 is 4.90 Å². The van der Waals surface area contributed by atoms with Crippen molar-refractivity contribution in [3.05, 3.63) is 94.6 Å². The maximum absolute atomic E-state index is 13.1. The number of ketones is 1. The molecule has 0 bridgehead atoms. The number of pyridine rings is 2.